The summed E-state index contributed by atoms with van der Waals surface area (Å²) in [4.78, 5) is 0. The fourth-order valence-corrected chi connectivity index (χ4v) is 0. The van der Waals surface area contributed by atoms with Crippen molar-refractivity contribution in [3.8, 4) is 0 Å². The summed E-state index contributed by atoms with van der Waals surface area (Å²) in [5.74, 6) is 0. The van der Waals surface area contributed by atoms with Gasteiger partial charge in [-0.3, -0.25) is 0 Å². The smallest absolute Gasteiger partial charge is 0.680 e. The number of nitrogens with one attached hydrogen (secondary N) is 4. The van der Waals surface area contributed by atoms with Crippen molar-refractivity contribution < 1.29 is 44.8 Å². The van der Waals surface area contributed by atoms with Gasteiger partial charge in [0, 0.05) is 0 Å². The van der Waals surface area contributed by atoms with E-state index in [1.165, 1.54) is 41.0 Å². The van der Waals surface area contributed by atoms with E-state index in [-0.39, 0.29) is 44.8 Å². The molecule has 0 bridgehead atoms. The molecular weight excluding hydrogens is 766 g/mol. The van der Waals surface area contributed by atoms with Crippen molar-refractivity contribution in [1.82, 2.24) is 0 Å². The molecule has 0 atom stereocenters. The number of nitrogens with zero attached hydrogens (tertiary/aromatic N) is 6. The van der Waals surface area contributed by atoms with Gasteiger partial charge in [0.25, 0.3) is 0 Å². The molecule has 4 N–H and O–H groups in total. The average molecular weight is 835 g/mol. The molecule has 0 aromatic heterocycles. The Kier molecular flexibility index (Phi) is 1220. The summed E-state index contributed by atoms with van der Waals surface area (Å²) in [6, 6.07) is 0. The molecule has 34 heavy (non-hydrogen) atoms. The van der Waals surface area contributed by atoms with Gasteiger partial charge in [-0.15, -0.1) is 0 Å². The third kappa shape index (κ3) is 29200. The Bertz CT molecular complexity index is 63.6. The summed E-state index contributed by atoms with van der Waals surface area (Å²) in [5, 5.41) is 21.0. The summed E-state index contributed by atoms with van der Waals surface area (Å²) < 4.78 is 0. The van der Waals surface area contributed by atoms with Crippen LogP contribution in [0.1, 0.15) is 40.5 Å². The Morgan fingerprint density at radius 2 is 0.294 bits per heavy atom. The molecule has 0 aromatic rings. The molecule has 0 fully saturated rings. The van der Waals surface area contributed by atoms with Crippen LogP contribution in [0.2, 0.25) is 0 Å². The molecule has 10 nitrogen and oxygen atoms in total. The molecule has 0 aliphatic carbocycles. The van der Waals surface area contributed by atoms with Gasteiger partial charge in [-0.25, -0.2) is 0 Å². The van der Waals surface area contributed by atoms with E-state index in [2.05, 4.69) is 59.6 Å². The van der Waals surface area contributed by atoms with Crippen molar-refractivity contribution in [3.63, 3.8) is 0 Å². The van der Waals surface area contributed by atoms with E-state index in [1.807, 2.05) is 0 Å². The van der Waals surface area contributed by atoms with E-state index >= 15 is 0 Å². The van der Waals surface area contributed by atoms with Crippen LogP contribution in [0.15, 0.2) is 0 Å². The van der Waals surface area contributed by atoms with Gasteiger partial charge in [-0.2, -0.15) is 113 Å². The van der Waals surface area contributed by atoms with E-state index in [0.717, 1.165) is 0 Å². The number of hydrogen-bond donors (Lipinski definition) is 0. The zero-order valence-electron chi connectivity index (χ0n) is 27.0. The molecule has 0 spiro atoms. The number of rotatable bonds is 0. The van der Waals surface area contributed by atoms with Crippen molar-refractivity contribution in [3.05, 3.63) is 54.8 Å². The van der Waals surface area contributed by atoms with Gasteiger partial charge >= 0.3 is 44.8 Å². The second-order valence-corrected chi connectivity index (χ2v) is 4.10. The molecule has 0 saturated heterocycles. The van der Waals surface area contributed by atoms with E-state index < -0.39 is 0 Å². The van der Waals surface area contributed by atoms with Crippen LogP contribution in [0, 0.1) is 0 Å². The minimum absolute atomic E-state index is 0. The Morgan fingerprint density at radius 1 is 0.294 bits per heavy atom. The molecule has 0 unspecified atom stereocenters. The van der Waals surface area contributed by atoms with E-state index in [4.69, 9.17) is 22.9 Å². The first-order valence-electron chi connectivity index (χ1n) is 10.2. The predicted octanol–water partition coefficient (Wildman–Crippen LogP) is 9.22. The first-order chi connectivity index (χ1) is 15.3. The summed E-state index contributed by atoms with van der Waals surface area (Å²) in [5.41, 5.74) is 23.0. The molecule has 0 saturated carbocycles. The third-order valence-corrected chi connectivity index (χ3v) is 0. The molecule has 0 heterocycles. The molecule has 0 amide bonds. The molecule has 0 aliphatic rings. The topological polar surface area (TPSA) is 180 Å². The largest absolute Gasteiger partial charge is 5.00 e. The van der Waals surface area contributed by atoms with Crippen LogP contribution in [0.3, 0.4) is 0 Å². The first kappa shape index (κ1) is 91.7. The number of hydrogen-bond acceptors (Lipinski definition) is 0. The normalized spacial score (nSPS) is 4.94. The minimum atomic E-state index is 0. The van der Waals surface area contributed by atoms with Crippen molar-refractivity contribution in [2.45, 2.75) is 40.5 Å². The molecule has 0 aliphatic heterocycles. The van der Waals surface area contributed by atoms with Crippen LogP contribution in [-0.4, -0.2) is 113 Å². The summed E-state index contributed by atoms with van der Waals surface area (Å²) >= 11 is 0. The second-order valence-electron chi connectivity index (χ2n) is 4.10. The standard InChI is InChI=1S/2C3H8.6C2H6N.4CH4N.2Ta/c8*1-3-2;4*1-2;;/h2*3H2,1-2H3;6*1-2H3;4*2H,1H3;;/q;;10*-1;2*+5. The van der Waals surface area contributed by atoms with Crippen molar-refractivity contribution >= 4 is 0 Å². The van der Waals surface area contributed by atoms with Gasteiger partial charge in [-0.05, 0) is 0 Å². The molecule has 0 rings (SSSR count). The van der Waals surface area contributed by atoms with E-state index in [1.54, 1.807) is 84.6 Å². The van der Waals surface area contributed by atoms with Crippen molar-refractivity contribution in [2.24, 2.45) is 0 Å². The predicted molar refractivity (Wildman–Crippen MR) is 164 cm³/mol. The van der Waals surface area contributed by atoms with Gasteiger partial charge in [0.15, 0.2) is 0 Å². The summed E-state index contributed by atoms with van der Waals surface area (Å²) in [6.45, 7) is 8.50. The van der Waals surface area contributed by atoms with Gasteiger partial charge in [-0.1, -0.05) is 40.5 Å². The Morgan fingerprint density at radius 3 is 0.294 bits per heavy atom. The molecular formula is C22H68N10Ta2. The van der Waals surface area contributed by atoms with E-state index in [9.17, 15) is 0 Å². The van der Waals surface area contributed by atoms with Crippen LogP contribution < -0.4 is 0 Å². The first-order valence-corrected chi connectivity index (χ1v) is 10.2. The zero-order chi connectivity index (χ0) is 29.7. The van der Waals surface area contributed by atoms with Crippen LogP contribution in [0.25, 0.3) is 54.8 Å². The second kappa shape index (κ2) is 452. The molecule has 216 valence electrons. The maximum atomic E-state index is 5.75. The van der Waals surface area contributed by atoms with Crippen molar-refractivity contribution in [2.75, 3.05) is 113 Å². The fraction of sp³-hybridized carbons (Fsp3) is 1.00. The van der Waals surface area contributed by atoms with Gasteiger partial charge in [0.2, 0.25) is 0 Å². The Labute approximate surface area is 251 Å². The van der Waals surface area contributed by atoms with Crippen LogP contribution >= 0.6 is 0 Å². The van der Waals surface area contributed by atoms with Crippen LogP contribution in [-0.2, 0) is 44.8 Å². The molecule has 0 radical (unpaired) electrons. The van der Waals surface area contributed by atoms with Crippen LogP contribution in [0.4, 0.5) is 0 Å². The maximum absolute atomic E-state index is 5.75. The van der Waals surface area contributed by atoms with Crippen molar-refractivity contribution in [1.29, 1.82) is 0 Å². The fourth-order valence-electron chi connectivity index (χ4n) is 0. The zero-order valence-corrected chi connectivity index (χ0v) is 33.4. The van der Waals surface area contributed by atoms with Crippen LogP contribution in [0.5, 0.6) is 0 Å². The minimum Gasteiger partial charge on any atom is -0.680 e. The van der Waals surface area contributed by atoms with Gasteiger partial charge in [0.1, 0.15) is 0 Å². The Hall–Kier alpha value is 1.08. The summed E-state index contributed by atoms with van der Waals surface area (Å²) in [6.07, 6.45) is 2.50. The summed E-state index contributed by atoms with van der Waals surface area (Å²) in [7, 11) is 26.0. The quantitative estimate of drug-likeness (QED) is 0.226. The average Bonchev–Trinajstić information content (AvgIpc) is 2.78. The maximum Gasteiger partial charge on any atom is 5.00 e. The van der Waals surface area contributed by atoms with Gasteiger partial charge in [0.05, 0.1) is 0 Å². The molecule has 12 heteroatoms. The van der Waals surface area contributed by atoms with E-state index in [0.29, 0.717) is 0 Å². The molecule has 0 aromatic carbocycles. The monoisotopic (exact) mass is 834 g/mol. The third-order valence-electron chi connectivity index (χ3n) is 0. The Balaban J connectivity index is -0.0000000107. The SMILES string of the molecule is CCC.CCC.C[N-]C.C[N-]C.C[N-]C.C[N-]C.C[N-]C.C[N-]C.C[NH-].C[NH-].C[NH-].C[NH-].[Ta+5].[Ta+5]. The van der Waals surface area contributed by atoms with Gasteiger partial charge < -0.3 is 54.8 Å².